The molecule has 1 fully saturated rings. The Bertz CT molecular complexity index is 489. The minimum Gasteiger partial charge on any atom is -0.349 e. The monoisotopic (exact) mass is 257 g/mol. The summed E-state index contributed by atoms with van der Waals surface area (Å²) >= 11 is 0. The number of carbonyl (C=O) groups excluding carboxylic acids is 1. The van der Waals surface area contributed by atoms with Gasteiger partial charge in [-0.3, -0.25) is 4.79 Å². The molecular formula is C15H19N3O. The van der Waals surface area contributed by atoms with Gasteiger partial charge in [0.2, 0.25) is 5.91 Å². The third-order valence-corrected chi connectivity index (χ3v) is 3.75. The van der Waals surface area contributed by atoms with E-state index in [9.17, 15) is 4.79 Å². The van der Waals surface area contributed by atoms with E-state index < -0.39 is 0 Å². The third kappa shape index (κ3) is 3.12. The van der Waals surface area contributed by atoms with E-state index in [0.717, 1.165) is 18.7 Å². The molecule has 1 unspecified atom stereocenters. The first kappa shape index (κ1) is 13.6. The zero-order valence-electron chi connectivity index (χ0n) is 11.3. The SMILES string of the molecule is CC(NC(=O)[C@@H]1CNC[C@H]1C)c1ccc(C#N)cc1. The highest BCUT2D eigenvalue weighted by atomic mass is 16.2. The average Bonchev–Trinajstić information content (AvgIpc) is 2.85. The van der Waals surface area contributed by atoms with Crippen molar-refractivity contribution in [3.05, 3.63) is 35.4 Å². The van der Waals surface area contributed by atoms with Crippen LogP contribution in [0.4, 0.5) is 0 Å². The lowest BCUT2D eigenvalue weighted by Crippen LogP contribution is -2.35. The van der Waals surface area contributed by atoms with Crippen LogP contribution in [0.2, 0.25) is 0 Å². The third-order valence-electron chi connectivity index (χ3n) is 3.75. The zero-order chi connectivity index (χ0) is 13.8. The predicted octanol–water partition coefficient (Wildman–Crippen LogP) is 1.59. The number of nitriles is 1. The summed E-state index contributed by atoms with van der Waals surface area (Å²) in [6.45, 7) is 5.72. The van der Waals surface area contributed by atoms with Crippen LogP contribution in [0.15, 0.2) is 24.3 Å². The van der Waals surface area contributed by atoms with E-state index in [4.69, 9.17) is 5.26 Å². The summed E-state index contributed by atoms with van der Waals surface area (Å²) in [5.41, 5.74) is 1.65. The average molecular weight is 257 g/mol. The maximum absolute atomic E-state index is 12.2. The van der Waals surface area contributed by atoms with Crippen molar-refractivity contribution in [2.45, 2.75) is 19.9 Å². The lowest BCUT2D eigenvalue weighted by Gasteiger charge is -2.19. The summed E-state index contributed by atoms with van der Waals surface area (Å²) in [6.07, 6.45) is 0. The Kier molecular flexibility index (Phi) is 4.18. The van der Waals surface area contributed by atoms with E-state index in [1.807, 2.05) is 19.1 Å². The molecule has 1 aliphatic rings. The first-order valence-electron chi connectivity index (χ1n) is 6.63. The number of benzene rings is 1. The zero-order valence-corrected chi connectivity index (χ0v) is 11.3. The summed E-state index contributed by atoms with van der Waals surface area (Å²) in [5.74, 6) is 0.545. The molecule has 0 saturated carbocycles. The van der Waals surface area contributed by atoms with Crippen molar-refractivity contribution in [2.75, 3.05) is 13.1 Å². The van der Waals surface area contributed by atoms with E-state index in [1.54, 1.807) is 12.1 Å². The fourth-order valence-electron chi connectivity index (χ4n) is 2.41. The van der Waals surface area contributed by atoms with Crippen LogP contribution in [0.3, 0.4) is 0 Å². The fourth-order valence-corrected chi connectivity index (χ4v) is 2.41. The summed E-state index contributed by atoms with van der Waals surface area (Å²) in [4.78, 5) is 12.2. The molecular weight excluding hydrogens is 238 g/mol. The smallest absolute Gasteiger partial charge is 0.225 e. The van der Waals surface area contributed by atoms with Gasteiger partial charge in [-0.1, -0.05) is 19.1 Å². The minimum absolute atomic E-state index is 0.0342. The highest BCUT2D eigenvalue weighted by molar-refractivity contribution is 5.80. The molecule has 1 amide bonds. The van der Waals surface area contributed by atoms with Crippen molar-refractivity contribution in [1.29, 1.82) is 5.26 Å². The lowest BCUT2D eigenvalue weighted by atomic mass is 9.96. The van der Waals surface area contributed by atoms with Gasteiger partial charge < -0.3 is 10.6 Å². The van der Waals surface area contributed by atoms with Crippen LogP contribution in [0.25, 0.3) is 0 Å². The van der Waals surface area contributed by atoms with Gasteiger partial charge in [0, 0.05) is 6.54 Å². The number of amides is 1. The van der Waals surface area contributed by atoms with Crippen LogP contribution < -0.4 is 10.6 Å². The van der Waals surface area contributed by atoms with Crippen molar-refractivity contribution < 1.29 is 4.79 Å². The molecule has 1 aromatic rings. The van der Waals surface area contributed by atoms with Gasteiger partial charge in [-0.25, -0.2) is 0 Å². The molecule has 1 aliphatic heterocycles. The molecule has 3 atom stereocenters. The van der Waals surface area contributed by atoms with Crippen molar-refractivity contribution in [3.8, 4) is 6.07 Å². The van der Waals surface area contributed by atoms with Gasteiger partial charge in [0.15, 0.2) is 0 Å². The minimum atomic E-state index is -0.0342. The van der Waals surface area contributed by atoms with Gasteiger partial charge in [0.25, 0.3) is 0 Å². The molecule has 0 bridgehead atoms. The molecule has 1 saturated heterocycles. The van der Waals surface area contributed by atoms with E-state index >= 15 is 0 Å². The van der Waals surface area contributed by atoms with Crippen LogP contribution >= 0.6 is 0 Å². The number of nitrogens with one attached hydrogen (secondary N) is 2. The largest absolute Gasteiger partial charge is 0.349 e. The summed E-state index contributed by atoms with van der Waals surface area (Å²) in [7, 11) is 0. The van der Waals surface area contributed by atoms with Crippen LogP contribution in [0, 0.1) is 23.2 Å². The Morgan fingerprint density at radius 2 is 2.11 bits per heavy atom. The molecule has 0 radical (unpaired) electrons. The topological polar surface area (TPSA) is 64.9 Å². The quantitative estimate of drug-likeness (QED) is 0.864. The second kappa shape index (κ2) is 5.85. The lowest BCUT2D eigenvalue weighted by molar-refractivity contribution is -0.126. The van der Waals surface area contributed by atoms with Gasteiger partial charge in [0.1, 0.15) is 0 Å². The normalized spacial score (nSPS) is 23.6. The molecule has 0 aliphatic carbocycles. The Hall–Kier alpha value is -1.86. The molecule has 1 heterocycles. The fraction of sp³-hybridized carbons (Fsp3) is 0.467. The Morgan fingerprint density at radius 3 is 2.63 bits per heavy atom. The van der Waals surface area contributed by atoms with E-state index in [2.05, 4.69) is 23.6 Å². The maximum atomic E-state index is 12.2. The van der Waals surface area contributed by atoms with E-state index in [-0.39, 0.29) is 17.9 Å². The van der Waals surface area contributed by atoms with Gasteiger partial charge >= 0.3 is 0 Å². The second-order valence-corrected chi connectivity index (χ2v) is 5.21. The van der Waals surface area contributed by atoms with Gasteiger partial charge in [-0.15, -0.1) is 0 Å². The molecule has 1 aromatic carbocycles. The first-order chi connectivity index (χ1) is 9.11. The van der Waals surface area contributed by atoms with Gasteiger partial charge in [-0.05, 0) is 37.1 Å². The van der Waals surface area contributed by atoms with Gasteiger partial charge in [-0.2, -0.15) is 5.26 Å². The second-order valence-electron chi connectivity index (χ2n) is 5.21. The first-order valence-corrected chi connectivity index (χ1v) is 6.63. The molecule has 2 rings (SSSR count). The van der Waals surface area contributed by atoms with E-state index in [1.165, 1.54) is 0 Å². The Morgan fingerprint density at radius 1 is 1.42 bits per heavy atom. The molecule has 4 heteroatoms. The predicted molar refractivity (Wildman–Crippen MR) is 73.2 cm³/mol. The van der Waals surface area contributed by atoms with Crippen molar-refractivity contribution in [1.82, 2.24) is 10.6 Å². The standard InChI is InChI=1S/C15H19N3O/c1-10-8-17-9-14(10)15(19)18-11(2)13-5-3-12(7-16)4-6-13/h3-6,10-11,14,17H,8-9H2,1-2H3,(H,18,19)/t10-,11?,14-/m1/s1. The highest BCUT2D eigenvalue weighted by Crippen LogP contribution is 2.19. The Balaban J connectivity index is 1.98. The van der Waals surface area contributed by atoms with Crippen LogP contribution in [0.5, 0.6) is 0 Å². The summed E-state index contributed by atoms with van der Waals surface area (Å²) in [6, 6.07) is 9.38. The maximum Gasteiger partial charge on any atom is 0.225 e. The summed E-state index contributed by atoms with van der Waals surface area (Å²) < 4.78 is 0. The molecule has 100 valence electrons. The number of rotatable bonds is 3. The number of hydrogen-bond donors (Lipinski definition) is 2. The number of carbonyl (C=O) groups is 1. The van der Waals surface area contributed by atoms with Crippen molar-refractivity contribution >= 4 is 5.91 Å². The molecule has 2 N–H and O–H groups in total. The molecule has 19 heavy (non-hydrogen) atoms. The summed E-state index contributed by atoms with van der Waals surface area (Å²) in [5, 5.41) is 15.0. The number of nitrogens with zero attached hydrogens (tertiary/aromatic N) is 1. The molecule has 0 spiro atoms. The highest BCUT2D eigenvalue weighted by Gasteiger charge is 2.30. The van der Waals surface area contributed by atoms with Gasteiger partial charge in [0.05, 0.1) is 23.6 Å². The van der Waals surface area contributed by atoms with Crippen molar-refractivity contribution in [3.63, 3.8) is 0 Å². The van der Waals surface area contributed by atoms with Crippen LogP contribution in [-0.2, 0) is 4.79 Å². The van der Waals surface area contributed by atoms with Crippen LogP contribution in [-0.4, -0.2) is 19.0 Å². The number of hydrogen-bond acceptors (Lipinski definition) is 3. The Labute approximate surface area is 113 Å². The molecule has 0 aromatic heterocycles. The van der Waals surface area contributed by atoms with Crippen LogP contribution in [0.1, 0.15) is 31.0 Å². The van der Waals surface area contributed by atoms with Crippen molar-refractivity contribution in [2.24, 2.45) is 11.8 Å². The van der Waals surface area contributed by atoms with E-state index in [0.29, 0.717) is 11.5 Å². The molecule has 4 nitrogen and oxygen atoms in total.